The van der Waals surface area contributed by atoms with Crippen molar-refractivity contribution in [2.45, 2.75) is 0 Å². The average Bonchev–Trinajstić information content (AvgIpc) is 2.47. The van der Waals surface area contributed by atoms with E-state index in [1.54, 1.807) is 0 Å². The predicted molar refractivity (Wildman–Crippen MR) is 52.6 cm³/mol. The van der Waals surface area contributed by atoms with Gasteiger partial charge in [-0.3, -0.25) is 12.9 Å². The van der Waals surface area contributed by atoms with Gasteiger partial charge in [0.05, 0.1) is 0 Å². The van der Waals surface area contributed by atoms with E-state index >= 15 is 0 Å². The molecule has 1 nitrogen and oxygen atoms in total. The average molecular weight is 220 g/mol. The molecule has 1 N–H and O–H groups in total. The third-order valence-electron chi connectivity index (χ3n) is 1.82. The Labute approximate surface area is 80.8 Å². The molecule has 0 radical (unpaired) electrons. The maximum absolute atomic E-state index is 3.58. The molecule has 0 unspecified atom stereocenters. The molecule has 0 amide bonds. The highest BCUT2D eigenvalue weighted by Gasteiger charge is 2.01. The number of benzene rings is 1. The molecule has 0 saturated carbocycles. The Kier molecular flexibility index (Phi) is 2.20. The summed E-state index contributed by atoms with van der Waals surface area (Å²) in [6, 6.07) is 8.40. The van der Waals surface area contributed by atoms with Gasteiger partial charge in [-0.15, -0.1) is 3.69 Å². The standard InChI is InChI=1S/C8H6N.BrH.Mg/c1-2-4-8-7(3-1)5-6-9-8;;/h1-4,6,9H;1H;/q;;+1/p-1. The Morgan fingerprint density at radius 2 is 2.09 bits per heavy atom. The lowest BCUT2D eigenvalue weighted by Crippen LogP contribution is -2.04. The molecule has 1 heterocycles. The molecular weight excluding hydrogens is 214 g/mol. The first kappa shape index (κ1) is 7.64. The summed E-state index contributed by atoms with van der Waals surface area (Å²) in [5, 5.41) is 1.37. The second-order valence-electron chi connectivity index (χ2n) is 2.49. The fraction of sp³-hybridized carbons (Fsp3) is 0. The van der Waals surface area contributed by atoms with Crippen molar-refractivity contribution in [3.05, 3.63) is 30.5 Å². The van der Waals surface area contributed by atoms with Crippen molar-refractivity contribution in [2.75, 3.05) is 0 Å². The van der Waals surface area contributed by atoms with Gasteiger partial charge in [-0.2, -0.15) is 0 Å². The van der Waals surface area contributed by atoms with E-state index in [-0.39, 0.29) is 18.2 Å². The molecule has 0 atom stereocenters. The van der Waals surface area contributed by atoms with Crippen LogP contribution in [0.5, 0.6) is 0 Å². The van der Waals surface area contributed by atoms with E-state index in [9.17, 15) is 0 Å². The smallest absolute Gasteiger partial charge is 0.363 e. The van der Waals surface area contributed by atoms with Crippen LogP contribution < -0.4 is 3.69 Å². The molecule has 0 fully saturated rings. The van der Waals surface area contributed by atoms with Crippen molar-refractivity contribution >= 4 is 45.7 Å². The summed E-state index contributed by atoms with van der Waals surface area (Å²) in [6.07, 6.45) is 2.10. The second kappa shape index (κ2) is 3.17. The number of fused-ring (bicyclic) bond motifs is 1. The molecule has 2 rings (SSSR count). The van der Waals surface area contributed by atoms with Crippen molar-refractivity contribution < 1.29 is 0 Å². The fourth-order valence-electron chi connectivity index (χ4n) is 1.24. The third-order valence-corrected chi connectivity index (χ3v) is 4.50. The van der Waals surface area contributed by atoms with Gasteiger partial charge >= 0.3 is 18.2 Å². The minimum Gasteiger partial charge on any atom is -0.363 e. The Morgan fingerprint density at radius 1 is 1.27 bits per heavy atom. The molecule has 0 bridgehead atoms. The van der Waals surface area contributed by atoms with Crippen LogP contribution in [0.3, 0.4) is 0 Å². The van der Waals surface area contributed by atoms with E-state index in [1.807, 2.05) is 0 Å². The first-order valence-corrected chi connectivity index (χ1v) is 8.13. The molecule has 3 heteroatoms. The first-order chi connectivity index (χ1) is 5.42. The molecule has 1 aromatic carbocycles. The van der Waals surface area contributed by atoms with Crippen molar-refractivity contribution in [1.29, 1.82) is 0 Å². The van der Waals surface area contributed by atoms with Gasteiger partial charge in [0.15, 0.2) is 0 Å². The van der Waals surface area contributed by atoms with Gasteiger partial charge in [0.2, 0.25) is 0 Å². The van der Waals surface area contributed by atoms with Crippen LogP contribution in [0.4, 0.5) is 0 Å². The largest absolute Gasteiger partial charge is 0.510 e. The number of hydrogen-bond donors (Lipinski definition) is 1. The molecule has 1 aromatic heterocycles. The zero-order chi connectivity index (χ0) is 7.68. The maximum Gasteiger partial charge on any atom is 0.510 e. The van der Waals surface area contributed by atoms with Crippen LogP contribution >= 0.6 is 12.9 Å². The summed E-state index contributed by atoms with van der Waals surface area (Å²) in [5.74, 6) is 0. The second-order valence-corrected chi connectivity index (χ2v) is 5.20. The minimum absolute atomic E-state index is 0.207. The zero-order valence-electron chi connectivity index (χ0n) is 5.97. The molecule has 0 aliphatic heterocycles. The molecule has 11 heavy (non-hydrogen) atoms. The highest BCUT2D eigenvalue weighted by molar-refractivity contribution is 9.23. The number of halogens is 1. The number of H-pyrrole nitrogens is 1. The van der Waals surface area contributed by atoms with E-state index < -0.39 is 0 Å². The van der Waals surface area contributed by atoms with E-state index in [0.717, 1.165) is 0 Å². The van der Waals surface area contributed by atoms with Crippen LogP contribution in [-0.2, 0) is 0 Å². The van der Waals surface area contributed by atoms with E-state index in [4.69, 9.17) is 0 Å². The fourth-order valence-corrected chi connectivity index (χ4v) is 3.27. The van der Waals surface area contributed by atoms with Crippen molar-refractivity contribution in [3.8, 4) is 0 Å². The number of aromatic nitrogens is 1. The predicted octanol–water partition coefficient (Wildman–Crippen LogP) is 1.81. The summed E-state index contributed by atoms with van der Waals surface area (Å²) in [6.45, 7) is 0. The van der Waals surface area contributed by atoms with Gasteiger partial charge in [0.25, 0.3) is 0 Å². The molecule has 0 aliphatic rings. The van der Waals surface area contributed by atoms with Gasteiger partial charge in [-0.1, -0.05) is 18.2 Å². The molecule has 52 valence electrons. The third kappa shape index (κ3) is 1.32. The lowest BCUT2D eigenvalue weighted by molar-refractivity contribution is 1.49. The van der Waals surface area contributed by atoms with E-state index in [0.29, 0.717) is 0 Å². The van der Waals surface area contributed by atoms with Gasteiger partial charge in [-0.25, -0.2) is 0 Å². The van der Waals surface area contributed by atoms with Crippen molar-refractivity contribution in [1.82, 2.24) is 4.98 Å². The van der Waals surface area contributed by atoms with Crippen LogP contribution in [0, 0.1) is 0 Å². The molecular formula is C8H6BrMgN. The Hall–Kier alpha value is 0.00623. The summed E-state index contributed by atoms with van der Waals surface area (Å²) < 4.78 is 1.46. The van der Waals surface area contributed by atoms with Gasteiger partial charge < -0.3 is 4.98 Å². The molecule has 0 spiro atoms. The first-order valence-electron chi connectivity index (χ1n) is 3.53. The van der Waals surface area contributed by atoms with Gasteiger partial charge in [-0.05, 0) is 17.6 Å². The lowest BCUT2D eigenvalue weighted by atomic mass is 10.2. The highest BCUT2D eigenvalue weighted by Crippen LogP contribution is 2.08. The molecule has 0 saturated heterocycles. The van der Waals surface area contributed by atoms with Crippen LogP contribution in [-0.4, -0.2) is 23.2 Å². The van der Waals surface area contributed by atoms with Crippen molar-refractivity contribution in [3.63, 3.8) is 0 Å². The Balaban J connectivity index is 2.76. The van der Waals surface area contributed by atoms with Crippen LogP contribution in [0.15, 0.2) is 30.5 Å². The maximum atomic E-state index is 3.58. The SMILES string of the molecule is [Br][Mg][c]1c[nH]c2ccccc12. The van der Waals surface area contributed by atoms with Gasteiger partial charge in [0.1, 0.15) is 0 Å². The van der Waals surface area contributed by atoms with E-state index in [1.165, 1.54) is 14.6 Å². The number of aromatic amines is 1. The van der Waals surface area contributed by atoms with Crippen molar-refractivity contribution in [2.24, 2.45) is 0 Å². The monoisotopic (exact) mass is 219 g/mol. The summed E-state index contributed by atoms with van der Waals surface area (Å²) in [4.78, 5) is 3.24. The number of hydrogen-bond acceptors (Lipinski definition) is 0. The topological polar surface area (TPSA) is 15.8 Å². The van der Waals surface area contributed by atoms with Crippen LogP contribution in [0.2, 0.25) is 0 Å². The summed E-state index contributed by atoms with van der Waals surface area (Å²) in [5.41, 5.74) is 1.24. The summed E-state index contributed by atoms with van der Waals surface area (Å²) in [7, 11) is 0. The number of rotatable bonds is 1. The Morgan fingerprint density at radius 3 is 2.91 bits per heavy atom. The quantitative estimate of drug-likeness (QED) is 0.706. The Bertz CT molecular complexity index is 369. The normalized spacial score (nSPS) is 9.91. The lowest BCUT2D eigenvalue weighted by Gasteiger charge is -1.89. The zero-order valence-corrected chi connectivity index (χ0v) is 8.97. The number of para-hydroxylation sites is 1. The van der Waals surface area contributed by atoms with E-state index in [2.05, 4.69) is 48.3 Å². The highest BCUT2D eigenvalue weighted by atomic mass is 79.9. The van der Waals surface area contributed by atoms with Crippen LogP contribution in [0.1, 0.15) is 0 Å². The minimum atomic E-state index is -0.207. The summed E-state index contributed by atoms with van der Waals surface area (Å²) >= 11 is 3.37. The molecule has 2 aromatic rings. The van der Waals surface area contributed by atoms with Gasteiger partial charge in [0, 0.05) is 5.52 Å². The molecule has 0 aliphatic carbocycles. The number of nitrogens with one attached hydrogen (secondary N) is 1. The van der Waals surface area contributed by atoms with Crippen LogP contribution in [0.25, 0.3) is 10.9 Å².